The first-order valence-corrected chi connectivity index (χ1v) is 8.75. The second-order valence-corrected chi connectivity index (χ2v) is 6.97. The van der Waals surface area contributed by atoms with Crippen LogP contribution >= 0.6 is 11.8 Å². The van der Waals surface area contributed by atoms with Gasteiger partial charge >= 0.3 is 0 Å². The number of hydrogen-bond acceptors (Lipinski definition) is 4. The Bertz CT molecular complexity index is 463. The summed E-state index contributed by atoms with van der Waals surface area (Å²) in [6.07, 6.45) is 2.73. The highest BCUT2D eigenvalue weighted by Gasteiger charge is 2.31. The van der Waals surface area contributed by atoms with Crippen LogP contribution in [0.2, 0.25) is 0 Å². The van der Waals surface area contributed by atoms with Gasteiger partial charge in [-0.2, -0.15) is 0 Å². The Kier molecular flexibility index (Phi) is 4.54. The van der Waals surface area contributed by atoms with Crippen LogP contribution in [-0.2, 0) is 6.54 Å². The normalized spacial score (nSPS) is 23.1. The molecular weight excluding hydrogens is 266 g/mol. The molecule has 0 amide bonds. The number of nitrogens with zero attached hydrogens (tertiary/aromatic N) is 2. The van der Waals surface area contributed by atoms with Gasteiger partial charge in [0.25, 0.3) is 0 Å². The lowest BCUT2D eigenvalue weighted by Crippen LogP contribution is -2.50. The second-order valence-electron chi connectivity index (χ2n) is 5.67. The Morgan fingerprint density at radius 1 is 1.30 bits per heavy atom. The summed E-state index contributed by atoms with van der Waals surface area (Å²) in [6.45, 7) is 7.67. The number of fused-ring (bicyclic) bond motifs is 1. The summed E-state index contributed by atoms with van der Waals surface area (Å²) in [7, 11) is 0. The fraction of sp³-hybridized carbons (Fsp3) is 0.625. The van der Waals surface area contributed by atoms with Crippen molar-refractivity contribution in [3.63, 3.8) is 0 Å². The molecule has 1 unspecified atom stereocenters. The lowest BCUT2D eigenvalue weighted by molar-refractivity contribution is 0.231. The van der Waals surface area contributed by atoms with Crippen molar-refractivity contribution in [3.05, 3.63) is 23.8 Å². The molecule has 3 rings (SSSR count). The van der Waals surface area contributed by atoms with Crippen molar-refractivity contribution >= 4 is 17.4 Å². The Hall–Kier alpha value is -0.710. The topological polar surface area (TPSA) is 32.5 Å². The average molecular weight is 291 g/mol. The summed E-state index contributed by atoms with van der Waals surface area (Å²) in [5.41, 5.74) is 8.76. The number of benzene rings is 1. The van der Waals surface area contributed by atoms with E-state index in [1.807, 2.05) is 11.8 Å². The number of piperazine rings is 1. The van der Waals surface area contributed by atoms with E-state index in [0.29, 0.717) is 6.54 Å². The molecule has 2 aliphatic rings. The molecule has 0 aromatic heterocycles. The third kappa shape index (κ3) is 2.69. The summed E-state index contributed by atoms with van der Waals surface area (Å²) in [4.78, 5) is 6.58. The monoisotopic (exact) mass is 291 g/mol. The van der Waals surface area contributed by atoms with Crippen molar-refractivity contribution in [2.45, 2.75) is 37.2 Å². The van der Waals surface area contributed by atoms with Gasteiger partial charge in [0.15, 0.2) is 0 Å². The maximum absolute atomic E-state index is 6.04. The highest BCUT2D eigenvalue weighted by Crippen LogP contribution is 2.33. The van der Waals surface area contributed by atoms with E-state index in [1.165, 1.54) is 48.6 Å². The van der Waals surface area contributed by atoms with Gasteiger partial charge in [-0.15, -0.1) is 11.8 Å². The molecule has 0 saturated carbocycles. The molecule has 0 aliphatic carbocycles. The maximum Gasteiger partial charge on any atom is 0.0424 e. The molecule has 1 aromatic rings. The summed E-state index contributed by atoms with van der Waals surface area (Å²) in [6, 6.07) is 7.42. The Balaban J connectivity index is 1.84. The Morgan fingerprint density at radius 3 is 3.00 bits per heavy atom. The molecule has 2 aliphatic heterocycles. The van der Waals surface area contributed by atoms with Gasteiger partial charge in [0.2, 0.25) is 0 Å². The minimum Gasteiger partial charge on any atom is -0.368 e. The van der Waals surface area contributed by atoms with Crippen LogP contribution in [0.4, 0.5) is 5.69 Å². The molecule has 20 heavy (non-hydrogen) atoms. The summed E-state index contributed by atoms with van der Waals surface area (Å²) in [5.74, 6) is 1.10. The molecule has 110 valence electrons. The summed E-state index contributed by atoms with van der Waals surface area (Å²) < 4.78 is 0. The van der Waals surface area contributed by atoms with Gasteiger partial charge in [-0.1, -0.05) is 13.0 Å². The third-order valence-corrected chi connectivity index (χ3v) is 5.52. The number of rotatable bonds is 4. The van der Waals surface area contributed by atoms with Gasteiger partial charge in [0.1, 0.15) is 0 Å². The fourth-order valence-corrected chi connectivity index (χ4v) is 4.40. The first-order chi connectivity index (χ1) is 9.83. The number of thioether (sulfide) groups is 1. The third-order valence-electron chi connectivity index (χ3n) is 4.54. The molecule has 4 heteroatoms. The molecule has 2 heterocycles. The van der Waals surface area contributed by atoms with E-state index in [4.69, 9.17) is 5.73 Å². The van der Waals surface area contributed by atoms with Crippen LogP contribution in [0.25, 0.3) is 0 Å². The number of nitrogens with two attached hydrogens (primary N) is 1. The van der Waals surface area contributed by atoms with Crippen molar-refractivity contribution in [1.82, 2.24) is 4.90 Å². The average Bonchev–Trinajstić information content (AvgIpc) is 2.94. The van der Waals surface area contributed by atoms with Crippen LogP contribution in [-0.4, -0.2) is 42.9 Å². The van der Waals surface area contributed by atoms with Crippen LogP contribution < -0.4 is 10.6 Å². The van der Waals surface area contributed by atoms with E-state index in [9.17, 15) is 0 Å². The SMILES string of the molecule is CCSc1cccc(N2CCN3CCCC3C2)c1CN. The lowest BCUT2D eigenvalue weighted by Gasteiger charge is -2.39. The van der Waals surface area contributed by atoms with Crippen molar-refractivity contribution < 1.29 is 0 Å². The van der Waals surface area contributed by atoms with Crippen LogP contribution in [0, 0.1) is 0 Å². The van der Waals surface area contributed by atoms with Gasteiger partial charge in [-0.25, -0.2) is 0 Å². The largest absolute Gasteiger partial charge is 0.368 e. The highest BCUT2D eigenvalue weighted by atomic mass is 32.2. The highest BCUT2D eigenvalue weighted by molar-refractivity contribution is 7.99. The van der Waals surface area contributed by atoms with Crippen molar-refractivity contribution in [2.24, 2.45) is 5.73 Å². The van der Waals surface area contributed by atoms with Gasteiger partial charge < -0.3 is 10.6 Å². The van der Waals surface area contributed by atoms with Crippen molar-refractivity contribution in [2.75, 3.05) is 36.8 Å². The number of anilines is 1. The minimum atomic E-state index is 0.642. The maximum atomic E-state index is 6.04. The first kappa shape index (κ1) is 14.2. The molecule has 2 fully saturated rings. The van der Waals surface area contributed by atoms with Gasteiger partial charge in [-0.3, -0.25) is 4.90 Å². The van der Waals surface area contributed by atoms with E-state index in [2.05, 4.69) is 34.9 Å². The molecule has 0 radical (unpaired) electrons. The molecule has 3 nitrogen and oxygen atoms in total. The summed E-state index contributed by atoms with van der Waals surface area (Å²) in [5, 5.41) is 0. The number of hydrogen-bond donors (Lipinski definition) is 1. The molecule has 2 saturated heterocycles. The second kappa shape index (κ2) is 6.37. The van der Waals surface area contributed by atoms with E-state index in [0.717, 1.165) is 18.3 Å². The van der Waals surface area contributed by atoms with Gasteiger partial charge in [0.05, 0.1) is 0 Å². The zero-order valence-electron chi connectivity index (χ0n) is 12.3. The van der Waals surface area contributed by atoms with E-state index < -0.39 is 0 Å². The van der Waals surface area contributed by atoms with Crippen LogP contribution in [0.1, 0.15) is 25.3 Å². The fourth-order valence-electron chi connectivity index (χ4n) is 3.56. The van der Waals surface area contributed by atoms with Crippen molar-refractivity contribution in [1.29, 1.82) is 0 Å². The molecule has 1 aromatic carbocycles. The first-order valence-electron chi connectivity index (χ1n) is 7.77. The molecule has 0 spiro atoms. The predicted molar refractivity (Wildman–Crippen MR) is 87.5 cm³/mol. The lowest BCUT2D eigenvalue weighted by atomic mass is 10.1. The van der Waals surface area contributed by atoms with Crippen LogP contribution in [0.5, 0.6) is 0 Å². The summed E-state index contributed by atoms with van der Waals surface area (Å²) >= 11 is 1.91. The standard InChI is InChI=1S/C16H25N3S/c1-2-20-16-7-3-6-15(14(16)11-17)19-10-9-18-8-4-5-13(18)12-19/h3,6-7,13H,2,4-5,8-12,17H2,1H3. The Labute approximate surface area is 126 Å². The molecule has 2 N–H and O–H groups in total. The van der Waals surface area contributed by atoms with Gasteiger partial charge in [0, 0.05) is 48.4 Å². The predicted octanol–water partition coefficient (Wildman–Crippen LogP) is 2.54. The van der Waals surface area contributed by atoms with E-state index in [-0.39, 0.29) is 0 Å². The van der Waals surface area contributed by atoms with Crippen LogP contribution in [0.3, 0.4) is 0 Å². The minimum absolute atomic E-state index is 0.642. The smallest absolute Gasteiger partial charge is 0.0424 e. The van der Waals surface area contributed by atoms with Crippen molar-refractivity contribution in [3.8, 4) is 0 Å². The van der Waals surface area contributed by atoms with E-state index in [1.54, 1.807) is 0 Å². The van der Waals surface area contributed by atoms with Crippen LogP contribution in [0.15, 0.2) is 23.1 Å². The zero-order chi connectivity index (χ0) is 13.9. The zero-order valence-corrected chi connectivity index (χ0v) is 13.2. The van der Waals surface area contributed by atoms with Gasteiger partial charge in [-0.05, 0) is 37.3 Å². The Morgan fingerprint density at radius 2 is 2.20 bits per heavy atom. The molecule has 0 bridgehead atoms. The molecular formula is C16H25N3S. The quantitative estimate of drug-likeness (QED) is 0.864. The molecule has 1 atom stereocenters. The van der Waals surface area contributed by atoms with E-state index >= 15 is 0 Å².